The van der Waals surface area contributed by atoms with E-state index < -0.39 is 0 Å². The monoisotopic (exact) mass is 419 g/mol. The first kappa shape index (κ1) is 23.8. The van der Waals surface area contributed by atoms with Crippen LogP contribution in [0.1, 0.15) is 26.7 Å². The predicted octanol–water partition coefficient (Wildman–Crippen LogP) is 1.57. The molecule has 1 amide bonds. The average molecular weight is 420 g/mol. The molecule has 8 nitrogen and oxygen atoms in total. The largest absolute Gasteiger partial charge is 0.497 e. The van der Waals surface area contributed by atoms with E-state index in [2.05, 4.69) is 22.5 Å². The number of amides is 1. The van der Waals surface area contributed by atoms with Crippen LogP contribution in [0.5, 0.6) is 11.5 Å². The number of carbonyl (C=O) groups excluding carboxylic acids is 1. The molecule has 8 heteroatoms. The number of guanidine groups is 1. The number of hydrogen-bond acceptors (Lipinski definition) is 5. The Morgan fingerprint density at radius 2 is 1.87 bits per heavy atom. The molecule has 1 atom stereocenters. The van der Waals surface area contributed by atoms with Gasteiger partial charge in [0.25, 0.3) is 0 Å². The molecule has 30 heavy (non-hydrogen) atoms. The Hall–Kier alpha value is -2.48. The van der Waals surface area contributed by atoms with E-state index in [4.69, 9.17) is 14.5 Å². The van der Waals surface area contributed by atoms with Gasteiger partial charge < -0.3 is 25.0 Å². The Balaban J connectivity index is 1.80. The van der Waals surface area contributed by atoms with Gasteiger partial charge in [-0.15, -0.1) is 0 Å². The molecule has 1 aliphatic heterocycles. The highest BCUT2D eigenvalue weighted by Crippen LogP contribution is 2.18. The zero-order valence-corrected chi connectivity index (χ0v) is 19.0. The Kier molecular flexibility index (Phi) is 9.73. The summed E-state index contributed by atoms with van der Waals surface area (Å²) in [6.45, 7) is 7.74. The van der Waals surface area contributed by atoms with Gasteiger partial charge in [0, 0.05) is 39.8 Å². The molecule has 2 rings (SSSR count). The first-order chi connectivity index (χ1) is 14.4. The van der Waals surface area contributed by atoms with Crippen LogP contribution in [0.15, 0.2) is 29.3 Å². The van der Waals surface area contributed by atoms with Gasteiger partial charge in [-0.2, -0.15) is 0 Å². The van der Waals surface area contributed by atoms with Crippen molar-refractivity contribution in [2.45, 2.75) is 38.8 Å². The molecule has 1 aromatic carbocycles. The van der Waals surface area contributed by atoms with Crippen molar-refractivity contribution < 1.29 is 14.3 Å². The van der Waals surface area contributed by atoms with Gasteiger partial charge in [0.05, 0.1) is 20.2 Å². The highest BCUT2D eigenvalue weighted by molar-refractivity contribution is 5.80. The van der Waals surface area contributed by atoms with E-state index in [0.29, 0.717) is 19.1 Å². The number of nitrogens with zero attached hydrogens (tertiary/aromatic N) is 3. The van der Waals surface area contributed by atoms with Crippen LogP contribution in [0.2, 0.25) is 0 Å². The number of benzene rings is 1. The normalized spacial score (nSPS) is 16.6. The molecule has 0 spiro atoms. The third-order valence-corrected chi connectivity index (χ3v) is 5.03. The van der Waals surface area contributed by atoms with Crippen LogP contribution in [0.25, 0.3) is 0 Å². The molecule has 168 valence electrons. The van der Waals surface area contributed by atoms with Crippen molar-refractivity contribution >= 4 is 11.9 Å². The summed E-state index contributed by atoms with van der Waals surface area (Å²) in [5, 5.41) is 6.85. The fraction of sp³-hybridized carbons (Fsp3) is 0.636. The zero-order valence-electron chi connectivity index (χ0n) is 19.0. The summed E-state index contributed by atoms with van der Waals surface area (Å²) in [6, 6.07) is 7.92. The highest BCUT2D eigenvalue weighted by atomic mass is 16.5. The smallest absolute Gasteiger partial charge is 0.236 e. The van der Waals surface area contributed by atoms with Crippen molar-refractivity contribution in [1.29, 1.82) is 0 Å². The lowest BCUT2D eigenvalue weighted by Crippen LogP contribution is -2.50. The number of methoxy groups -OCH3 is 1. The minimum absolute atomic E-state index is 0.0484. The van der Waals surface area contributed by atoms with Gasteiger partial charge in [-0.3, -0.25) is 9.69 Å². The molecule has 0 radical (unpaired) electrons. The third kappa shape index (κ3) is 8.10. The van der Waals surface area contributed by atoms with Crippen molar-refractivity contribution in [2.24, 2.45) is 4.99 Å². The molecule has 1 aromatic rings. The molecule has 0 saturated carbocycles. The van der Waals surface area contributed by atoms with Crippen LogP contribution in [0.3, 0.4) is 0 Å². The molecule has 1 fully saturated rings. The van der Waals surface area contributed by atoms with E-state index in [1.165, 1.54) is 0 Å². The summed E-state index contributed by atoms with van der Waals surface area (Å²) in [5.74, 6) is 2.58. The van der Waals surface area contributed by atoms with E-state index in [1.54, 1.807) is 26.1 Å². The van der Waals surface area contributed by atoms with Gasteiger partial charge in [0.1, 0.15) is 17.6 Å². The number of rotatable bonds is 9. The molecule has 0 aliphatic carbocycles. The quantitative estimate of drug-likeness (QED) is 0.467. The zero-order chi connectivity index (χ0) is 21.9. The first-order valence-corrected chi connectivity index (χ1v) is 10.7. The molecule has 2 N–H and O–H groups in total. The van der Waals surface area contributed by atoms with Crippen LogP contribution in [0.4, 0.5) is 0 Å². The topological polar surface area (TPSA) is 78.4 Å². The lowest BCUT2D eigenvalue weighted by atomic mass is 10.1. The van der Waals surface area contributed by atoms with Gasteiger partial charge in [-0.25, -0.2) is 4.99 Å². The molecule has 1 unspecified atom stereocenters. The molecular formula is C22H37N5O3. The first-order valence-electron chi connectivity index (χ1n) is 10.7. The SMILES string of the molecule is CCNC(=NCC(C)Oc1ccc(OC)cc1)NC1CCN(CC(=O)N(C)C)CC1. The summed E-state index contributed by atoms with van der Waals surface area (Å²) >= 11 is 0. The van der Waals surface area contributed by atoms with Crippen molar-refractivity contribution in [2.75, 3.05) is 53.9 Å². The second-order valence-electron chi connectivity index (χ2n) is 7.81. The second-order valence-corrected chi connectivity index (χ2v) is 7.81. The van der Waals surface area contributed by atoms with Gasteiger partial charge in [-0.05, 0) is 51.0 Å². The third-order valence-electron chi connectivity index (χ3n) is 5.03. The summed E-state index contributed by atoms with van der Waals surface area (Å²) in [6.07, 6.45) is 1.93. The number of nitrogens with one attached hydrogen (secondary N) is 2. The number of aliphatic imine (C=N–C) groups is 1. The number of carbonyl (C=O) groups is 1. The lowest BCUT2D eigenvalue weighted by Gasteiger charge is -2.33. The Morgan fingerprint density at radius 1 is 1.23 bits per heavy atom. The molecule has 1 heterocycles. The van der Waals surface area contributed by atoms with Gasteiger partial charge in [0.2, 0.25) is 5.91 Å². The van der Waals surface area contributed by atoms with Crippen LogP contribution >= 0.6 is 0 Å². The van der Waals surface area contributed by atoms with E-state index in [9.17, 15) is 4.79 Å². The van der Waals surface area contributed by atoms with Crippen molar-refractivity contribution in [1.82, 2.24) is 20.4 Å². The average Bonchev–Trinajstić information content (AvgIpc) is 2.74. The van der Waals surface area contributed by atoms with Gasteiger partial charge in [0.15, 0.2) is 5.96 Å². The summed E-state index contributed by atoms with van der Waals surface area (Å²) < 4.78 is 11.1. The van der Waals surface area contributed by atoms with Crippen molar-refractivity contribution in [3.63, 3.8) is 0 Å². The molecule has 1 aliphatic rings. The molecular weight excluding hydrogens is 382 g/mol. The summed E-state index contributed by atoms with van der Waals surface area (Å²) in [7, 11) is 5.25. The summed E-state index contributed by atoms with van der Waals surface area (Å²) in [5.41, 5.74) is 0. The Bertz CT molecular complexity index is 670. The molecule has 0 bridgehead atoms. The fourth-order valence-electron chi connectivity index (χ4n) is 3.23. The number of likely N-dealkylation sites (N-methyl/N-ethyl adjacent to an activating group) is 1. The standard InChI is InChI=1S/C22H37N5O3/c1-6-23-22(24-15-17(2)30-20-9-7-19(29-5)8-10-20)25-18-11-13-27(14-12-18)16-21(28)26(3)4/h7-10,17-18H,6,11-16H2,1-5H3,(H2,23,24,25). The maximum absolute atomic E-state index is 11.9. The van der Waals surface area contributed by atoms with Crippen molar-refractivity contribution in [3.8, 4) is 11.5 Å². The maximum Gasteiger partial charge on any atom is 0.236 e. The number of ether oxygens (including phenoxy) is 2. The van der Waals surface area contributed by atoms with Gasteiger partial charge >= 0.3 is 0 Å². The summed E-state index contributed by atoms with van der Waals surface area (Å²) in [4.78, 5) is 20.5. The highest BCUT2D eigenvalue weighted by Gasteiger charge is 2.22. The second kappa shape index (κ2) is 12.3. The minimum atomic E-state index is -0.0484. The number of hydrogen-bond donors (Lipinski definition) is 2. The van der Waals surface area contributed by atoms with E-state index in [0.717, 1.165) is 49.9 Å². The number of piperidine rings is 1. The van der Waals surface area contributed by atoms with E-state index in [-0.39, 0.29) is 12.0 Å². The number of likely N-dealkylation sites (tertiary alicyclic amines) is 1. The van der Waals surface area contributed by atoms with Crippen molar-refractivity contribution in [3.05, 3.63) is 24.3 Å². The lowest BCUT2D eigenvalue weighted by molar-refractivity contribution is -0.130. The Labute approximate surface area is 180 Å². The Morgan fingerprint density at radius 3 is 2.43 bits per heavy atom. The molecule has 1 saturated heterocycles. The van der Waals surface area contributed by atoms with E-state index in [1.807, 2.05) is 31.2 Å². The minimum Gasteiger partial charge on any atom is -0.497 e. The van der Waals surface area contributed by atoms with Gasteiger partial charge in [-0.1, -0.05) is 0 Å². The fourth-order valence-corrected chi connectivity index (χ4v) is 3.23. The van der Waals surface area contributed by atoms with Crippen LogP contribution in [-0.2, 0) is 4.79 Å². The van der Waals surface area contributed by atoms with Crippen LogP contribution in [-0.4, -0.2) is 87.7 Å². The maximum atomic E-state index is 11.9. The van der Waals surface area contributed by atoms with Crippen LogP contribution < -0.4 is 20.1 Å². The predicted molar refractivity (Wildman–Crippen MR) is 120 cm³/mol. The van der Waals surface area contributed by atoms with E-state index >= 15 is 0 Å². The molecule has 0 aromatic heterocycles. The van der Waals surface area contributed by atoms with Crippen LogP contribution in [0, 0.1) is 0 Å².